The van der Waals surface area contributed by atoms with Gasteiger partial charge in [-0.2, -0.15) is 0 Å². The molecule has 6 heteroatoms. The van der Waals surface area contributed by atoms with Gasteiger partial charge in [0, 0.05) is 27.6 Å². The van der Waals surface area contributed by atoms with Gasteiger partial charge in [-0.3, -0.25) is 0 Å². The van der Waals surface area contributed by atoms with Gasteiger partial charge in [0.1, 0.15) is 5.75 Å². The van der Waals surface area contributed by atoms with Crippen LogP contribution in [0.5, 0.6) is 22.3 Å². The standard InChI is InChI=1S/C48H45BN2O2S/c1-47(2)25-26-48(3,4)45-42(47)44-46(54-45)53-41-28-31(30-15-7-5-8-16-30)27-38-43(41)49(44)34-24-23-33-29-37(34)51(38)36-20-12-14-22-40(36)52-39-21-13-11-19-35(39)50(33)32-17-9-6-10-18-32/h6,9-14,17-24,27-30H,5,7-8,15-16,25-26H2,1-4H3. The maximum Gasteiger partial charge on any atom is 0.257 e. The first-order valence-corrected chi connectivity index (χ1v) is 20.8. The third-order valence-electron chi connectivity index (χ3n) is 13.1. The number of hydrogen-bond acceptors (Lipinski definition) is 5. The van der Waals surface area contributed by atoms with E-state index >= 15 is 0 Å². The van der Waals surface area contributed by atoms with E-state index in [4.69, 9.17) is 9.47 Å². The fraction of sp³-hybridized carbons (Fsp3) is 0.292. The molecule has 2 aliphatic carbocycles. The van der Waals surface area contributed by atoms with Gasteiger partial charge in [-0.1, -0.05) is 95.5 Å². The van der Waals surface area contributed by atoms with E-state index in [1.54, 1.807) is 0 Å². The molecule has 5 aromatic carbocycles. The maximum atomic E-state index is 7.28. The van der Waals surface area contributed by atoms with Crippen molar-refractivity contribution in [2.45, 2.75) is 89.4 Å². The van der Waals surface area contributed by atoms with Gasteiger partial charge in [0.25, 0.3) is 6.71 Å². The van der Waals surface area contributed by atoms with Crippen molar-refractivity contribution in [2.24, 2.45) is 0 Å². The number of para-hydroxylation sites is 5. The average Bonchev–Trinajstić information content (AvgIpc) is 3.60. The molecule has 2 bridgehead atoms. The molecule has 0 radical (unpaired) electrons. The molecule has 11 rings (SSSR count). The molecule has 0 atom stereocenters. The van der Waals surface area contributed by atoms with Crippen molar-refractivity contribution >= 4 is 68.6 Å². The van der Waals surface area contributed by atoms with Crippen LogP contribution in [0.3, 0.4) is 0 Å². The van der Waals surface area contributed by atoms with Crippen molar-refractivity contribution in [3.8, 4) is 22.3 Å². The van der Waals surface area contributed by atoms with E-state index in [0.29, 0.717) is 5.92 Å². The third kappa shape index (κ3) is 4.75. The van der Waals surface area contributed by atoms with Gasteiger partial charge in [0.2, 0.25) is 0 Å². The second kappa shape index (κ2) is 11.8. The Labute approximate surface area is 323 Å². The predicted molar refractivity (Wildman–Crippen MR) is 226 cm³/mol. The minimum absolute atomic E-state index is 0.0460. The van der Waals surface area contributed by atoms with Crippen molar-refractivity contribution in [2.75, 3.05) is 9.80 Å². The van der Waals surface area contributed by atoms with Crippen molar-refractivity contribution in [3.63, 3.8) is 0 Å². The van der Waals surface area contributed by atoms with Crippen LogP contribution in [0.2, 0.25) is 0 Å². The first-order valence-electron chi connectivity index (χ1n) is 20.0. The predicted octanol–water partition coefficient (Wildman–Crippen LogP) is 12.1. The summed E-state index contributed by atoms with van der Waals surface area (Å²) in [5, 5.41) is 1.10. The largest absolute Gasteiger partial charge is 0.453 e. The summed E-state index contributed by atoms with van der Waals surface area (Å²) in [5.41, 5.74) is 13.7. The van der Waals surface area contributed by atoms with Crippen LogP contribution >= 0.6 is 11.3 Å². The van der Waals surface area contributed by atoms with E-state index in [1.165, 1.54) is 82.3 Å². The number of anilines is 6. The lowest BCUT2D eigenvalue weighted by Gasteiger charge is -2.44. The van der Waals surface area contributed by atoms with Crippen LogP contribution in [0.4, 0.5) is 34.1 Å². The molecule has 1 saturated carbocycles. The van der Waals surface area contributed by atoms with E-state index in [9.17, 15) is 0 Å². The van der Waals surface area contributed by atoms with Gasteiger partial charge < -0.3 is 19.3 Å². The molecule has 0 amide bonds. The second-order valence-corrected chi connectivity index (χ2v) is 18.4. The normalized spacial score (nSPS) is 18.6. The Hall–Kier alpha value is -4.94. The summed E-state index contributed by atoms with van der Waals surface area (Å²) in [4.78, 5) is 6.37. The summed E-state index contributed by atoms with van der Waals surface area (Å²) >= 11 is 1.92. The summed E-state index contributed by atoms with van der Waals surface area (Å²) in [6.45, 7) is 9.87. The van der Waals surface area contributed by atoms with Crippen LogP contribution in [-0.2, 0) is 10.8 Å². The lowest BCUT2D eigenvalue weighted by Crippen LogP contribution is -2.61. The van der Waals surface area contributed by atoms with E-state index < -0.39 is 0 Å². The first kappa shape index (κ1) is 32.5. The fourth-order valence-corrected chi connectivity index (χ4v) is 11.8. The van der Waals surface area contributed by atoms with E-state index in [2.05, 4.69) is 147 Å². The van der Waals surface area contributed by atoms with Gasteiger partial charge in [0.15, 0.2) is 16.6 Å². The molecule has 0 N–H and O–H groups in total. The summed E-state index contributed by atoms with van der Waals surface area (Å²) in [6, 6.07) is 39.9. The zero-order chi connectivity index (χ0) is 36.3. The third-order valence-corrected chi connectivity index (χ3v) is 14.5. The minimum atomic E-state index is 0.0460. The molecule has 4 nitrogen and oxygen atoms in total. The Kier molecular flexibility index (Phi) is 7.09. The van der Waals surface area contributed by atoms with Gasteiger partial charge in [-0.25, -0.2) is 0 Å². The molecule has 54 heavy (non-hydrogen) atoms. The van der Waals surface area contributed by atoms with Gasteiger partial charge in [-0.15, -0.1) is 11.3 Å². The summed E-state index contributed by atoms with van der Waals surface area (Å²) < 4.78 is 14.3. The number of thiophene rings is 1. The monoisotopic (exact) mass is 724 g/mol. The minimum Gasteiger partial charge on any atom is -0.453 e. The topological polar surface area (TPSA) is 24.9 Å². The molecule has 6 aromatic rings. The molecule has 5 aliphatic rings. The number of fused-ring (bicyclic) bond motifs is 10. The summed E-state index contributed by atoms with van der Waals surface area (Å²) in [7, 11) is 0. The maximum absolute atomic E-state index is 7.28. The Morgan fingerprint density at radius 3 is 2.04 bits per heavy atom. The highest BCUT2D eigenvalue weighted by Gasteiger charge is 2.50. The molecule has 0 unspecified atom stereocenters. The zero-order valence-electron chi connectivity index (χ0n) is 31.6. The molecule has 0 saturated heterocycles. The van der Waals surface area contributed by atoms with Crippen LogP contribution < -0.4 is 35.7 Å². The lowest BCUT2D eigenvalue weighted by atomic mass is 9.33. The second-order valence-electron chi connectivity index (χ2n) is 17.4. The Bertz CT molecular complexity index is 2480. The summed E-state index contributed by atoms with van der Waals surface area (Å²) in [6.07, 6.45) is 8.70. The van der Waals surface area contributed by atoms with Crippen LogP contribution in [0.15, 0.2) is 109 Å². The highest BCUT2D eigenvalue weighted by atomic mass is 32.1. The molecular weight excluding hydrogens is 679 g/mol. The van der Waals surface area contributed by atoms with Gasteiger partial charge in [0.05, 0.1) is 11.4 Å². The molecule has 1 fully saturated rings. The number of hydrogen-bond donors (Lipinski definition) is 0. The SMILES string of the molecule is CC1(C)CCC(C)(C)c2c1sc1c2B2c3ccc4cc3N(c3ccccc3Oc3ccccc3N4c3ccccc3)c3cc(C4CCCCC4)cc(c32)O1. The quantitative estimate of drug-likeness (QED) is 0.166. The van der Waals surface area contributed by atoms with Crippen LogP contribution in [-0.4, -0.2) is 6.71 Å². The van der Waals surface area contributed by atoms with E-state index in [0.717, 1.165) is 51.5 Å². The van der Waals surface area contributed by atoms with Crippen LogP contribution in [0.1, 0.15) is 94.6 Å². The molecular formula is C48H45BN2O2S. The van der Waals surface area contributed by atoms with Crippen molar-refractivity contribution in [1.29, 1.82) is 0 Å². The number of ether oxygens (including phenoxy) is 2. The highest BCUT2D eigenvalue weighted by Crippen LogP contribution is 2.55. The molecule has 3 aliphatic heterocycles. The van der Waals surface area contributed by atoms with Crippen molar-refractivity contribution in [3.05, 3.63) is 125 Å². The summed E-state index contributed by atoms with van der Waals surface area (Å²) in [5.74, 6) is 3.21. The van der Waals surface area contributed by atoms with Gasteiger partial charge in [-0.05, 0) is 131 Å². The Balaban J connectivity index is 1.24. The Morgan fingerprint density at radius 1 is 0.593 bits per heavy atom. The van der Waals surface area contributed by atoms with Crippen molar-refractivity contribution in [1.82, 2.24) is 0 Å². The van der Waals surface area contributed by atoms with E-state index in [-0.39, 0.29) is 17.5 Å². The number of nitrogens with zero attached hydrogens (tertiary/aromatic N) is 2. The fourth-order valence-electron chi connectivity index (χ4n) is 10.3. The number of rotatable bonds is 2. The van der Waals surface area contributed by atoms with Crippen molar-refractivity contribution < 1.29 is 9.47 Å². The van der Waals surface area contributed by atoms with Crippen LogP contribution in [0, 0.1) is 0 Å². The smallest absolute Gasteiger partial charge is 0.257 e. The van der Waals surface area contributed by atoms with E-state index in [1.807, 2.05) is 11.3 Å². The molecule has 268 valence electrons. The average molecular weight is 725 g/mol. The first-order chi connectivity index (χ1) is 26.3. The molecule has 0 spiro atoms. The van der Waals surface area contributed by atoms with Crippen LogP contribution in [0.25, 0.3) is 0 Å². The lowest BCUT2D eigenvalue weighted by molar-refractivity contribution is 0.340. The molecule has 1 aromatic heterocycles. The Morgan fingerprint density at radius 2 is 1.28 bits per heavy atom. The van der Waals surface area contributed by atoms with Gasteiger partial charge >= 0.3 is 0 Å². The number of benzene rings is 5. The zero-order valence-corrected chi connectivity index (χ0v) is 32.4. The highest BCUT2D eigenvalue weighted by molar-refractivity contribution is 7.18. The molecule has 4 heterocycles.